The molecule has 2 aromatic carbocycles. The summed E-state index contributed by atoms with van der Waals surface area (Å²) < 4.78 is 0. The Balaban J connectivity index is 1.74. The largest absolute Gasteiger partial charge is 0.289 e. The molecular weight excluding hydrogens is 374 g/mol. The molecular formula is C25H23N3O2. The van der Waals surface area contributed by atoms with Crippen LogP contribution in [0.25, 0.3) is 0 Å². The lowest BCUT2D eigenvalue weighted by molar-refractivity contribution is -0.118. The Morgan fingerprint density at radius 2 is 1.73 bits per heavy atom. The molecule has 2 atom stereocenters. The van der Waals surface area contributed by atoms with Crippen LogP contribution in [0.5, 0.6) is 0 Å². The molecule has 0 saturated heterocycles. The summed E-state index contributed by atoms with van der Waals surface area (Å²) in [7, 11) is 0. The van der Waals surface area contributed by atoms with Gasteiger partial charge in [-0.2, -0.15) is 0 Å². The van der Waals surface area contributed by atoms with Crippen molar-refractivity contribution in [3.63, 3.8) is 0 Å². The molecule has 0 saturated carbocycles. The van der Waals surface area contributed by atoms with Crippen LogP contribution in [0.3, 0.4) is 0 Å². The maximum atomic E-state index is 13.4. The molecule has 2 amide bonds. The molecule has 30 heavy (non-hydrogen) atoms. The number of hydrogen-bond acceptors (Lipinski definition) is 4. The standard InChI is InChI=1S/C25H23N3O2/c1-16-8-9-20(14-17(16)2)28-24(29)22-7-5-4-6-21(22)23(25(28)30)15-27-18(3)19-10-12-26-13-11-19/h4-15,18,23H,1-3H3/t18-,23-/m1/s1. The van der Waals surface area contributed by atoms with Crippen molar-refractivity contribution >= 4 is 23.7 Å². The molecule has 0 radical (unpaired) electrons. The first kappa shape index (κ1) is 19.7. The Morgan fingerprint density at radius 1 is 1.00 bits per heavy atom. The predicted octanol–water partition coefficient (Wildman–Crippen LogP) is 4.80. The van der Waals surface area contributed by atoms with Gasteiger partial charge in [0.2, 0.25) is 5.91 Å². The van der Waals surface area contributed by atoms with E-state index >= 15 is 0 Å². The van der Waals surface area contributed by atoms with Crippen LogP contribution in [-0.4, -0.2) is 23.0 Å². The number of imide groups is 1. The highest BCUT2D eigenvalue weighted by Gasteiger charge is 2.38. The summed E-state index contributed by atoms with van der Waals surface area (Å²) in [4.78, 5) is 36.6. The lowest BCUT2D eigenvalue weighted by Gasteiger charge is -2.31. The molecule has 5 heteroatoms. The summed E-state index contributed by atoms with van der Waals surface area (Å²) in [5.74, 6) is -1.21. The zero-order valence-electron chi connectivity index (χ0n) is 17.2. The fraction of sp³-hybridized carbons (Fsp3) is 0.200. The van der Waals surface area contributed by atoms with Crippen molar-refractivity contribution in [3.05, 3.63) is 94.8 Å². The number of aromatic nitrogens is 1. The molecule has 0 unspecified atom stereocenters. The number of pyridine rings is 1. The number of nitrogens with zero attached hydrogens (tertiary/aromatic N) is 3. The highest BCUT2D eigenvalue weighted by atomic mass is 16.2. The molecule has 0 N–H and O–H groups in total. The van der Waals surface area contributed by atoms with Crippen molar-refractivity contribution in [2.45, 2.75) is 32.7 Å². The number of rotatable bonds is 4. The van der Waals surface area contributed by atoms with E-state index in [0.29, 0.717) is 16.8 Å². The average molecular weight is 397 g/mol. The van der Waals surface area contributed by atoms with Gasteiger partial charge in [-0.05, 0) is 73.4 Å². The van der Waals surface area contributed by atoms with Gasteiger partial charge in [-0.15, -0.1) is 0 Å². The monoisotopic (exact) mass is 397 g/mol. The average Bonchev–Trinajstić information content (AvgIpc) is 2.76. The number of aliphatic imine (C=N–C) groups is 1. The summed E-state index contributed by atoms with van der Waals surface area (Å²) in [6.07, 6.45) is 5.12. The summed E-state index contributed by atoms with van der Waals surface area (Å²) >= 11 is 0. The molecule has 2 heterocycles. The van der Waals surface area contributed by atoms with E-state index in [9.17, 15) is 9.59 Å². The van der Waals surface area contributed by atoms with Crippen molar-refractivity contribution < 1.29 is 9.59 Å². The smallest absolute Gasteiger partial charge is 0.265 e. The fourth-order valence-electron chi connectivity index (χ4n) is 3.65. The van der Waals surface area contributed by atoms with E-state index in [1.807, 2.05) is 69.3 Å². The van der Waals surface area contributed by atoms with Crippen LogP contribution in [0, 0.1) is 13.8 Å². The molecule has 1 aliphatic rings. The van der Waals surface area contributed by atoms with E-state index < -0.39 is 5.92 Å². The fourth-order valence-corrected chi connectivity index (χ4v) is 3.65. The van der Waals surface area contributed by atoms with Gasteiger partial charge in [-0.3, -0.25) is 19.6 Å². The Kier molecular flexibility index (Phi) is 5.27. The number of aryl methyl sites for hydroxylation is 2. The lowest BCUT2D eigenvalue weighted by Crippen LogP contribution is -2.45. The van der Waals surface area contributed by atoms with Gasteiger partial charge in [0.1, 0.15) is 0 Å². The molecule has 0 spiro atoms. The second-order valence-electron chi connectivity index (χ2n) is 7.57. The first-order valence-corrected chi connectivity index (χ1v) is 9.95. The van der Waals surface area contributed by atoms with Crippen molar-refractivity contribution in [2.24, 2.45) is 4.99 Å². The third kappa shape index (κ3) is 3.54. The zero-order valence-corrected chi connectivity index (χ0v) is 17.2. The minimum atomic E-state index is -0.621. The van der Waals surface area contributed by atoms with Gasteiger partial charge in [0.05, 0.1) is 17.6 Å². The van der Waals surface area contributed by atoms with Crippen molar-refractivity contribution in [1.29, 1.82) is 0 Å². The van der Waals surface area contributed by atoms with Gasteiger partial charge >= 0.3 is 0 Å². The molecule has 3 aromatic rings. The quantitative estimate of drug-likeness (QED) is 0.469. The number of carbonyl (C=O) groups excluding carboxylic acids is 2. The Morgan fingerprint density at radius 3 is 2.47 bits per heavy atom. The highest BCUT2D eigenvalue weighted by Crippen LogP contribution is 2.33. The number of amides is 2. The van der Waals surface area contributed by atoms with Crippen LogP contribution in [-0.2, 0) is 4.79 Å². The van der Waals surface area contributed by atoms with Crippen LogP contribution in [0.2, 0.25) is 0 Å². The van der Waals surface area contributed by atoms with Crippen LogP contribution < -0.4 is 4.90 Å². The molecule has 1 aromatic heterocycles. The molecule has 150 valence electrons. The van der Waals surface area contributed by atoms with Crippen LogP contribution in [0.15, 0.2) is 72.0 Å². The van der Waals surface area contributed by atoms with E-state index in [2.05, 4.69) is 9.98 Å². The SMILES string of the molecule is Cc1ccc(N2C(=O)c3ccccc3[C@@H](C=N[C@H](C)c3ccncc3)C2=O)cc1C. The third-order valence-corrected chi connectivity index (χ3v) is 5.61. The topological polar surface area (TPSA) is 62.6 Å². The first-order valence-electron chi connectivity index (χ1n) is 9.95. The normalized spacial score (nSPS) is 17.3. The molecule has 5 nitrogen and oxygen atoms in total. The minimum absolute atomic E-state index is 0.124. The van der Waals surface area contributed by atoms with Crippen LogP contribution in [0.4, 0.5) is 5.69 Å². The number of benzene rings is 2. The van der Waals surface area contributed by atoms with E-state index in [4.69, 9.17) is 0 Å². The third-order valence-electron chi connectivity index (χ3n) is 5.61. The summed E-state index contributed by atoms with van der Waals surface area (Å²) in [6.45, 7) is 5.95. The molecule has 0 bridgehead atoms. The summed E-state index contributed by atoms with van der Waals surface area (Å²) in [5, 5.41) is 0. The number of anilines is 1. The Bertz CT molecular complexity index is 1140. The van der Waals surface area contributed by atoms with E-state index in [1.54, 1.807) is 24.7 Å². The second-order valence-corrected chi connectivity index (χ2v) is 7.57. The number of fused-ring (bicyclic) bond motifs is 1. The van der Waals surface area contributed by atoms with E-state index in [0.717, 1.165) is 16.7 Å². The maximum absolute atomic E-state index is 13.4. The Hall–Kier alpha value is -3.60. The van der Waals surface area contributed by atoms with Gasteiger partial charge in [0, 0.05) is 24.2 Å². The maximum Gasteiger partial charge on any atom is 0.265 e. The molecule has 0 fully saturated rings. The zero-order chi connectivity index (χ0) is 21.3. The van der Waals surface area contributed by atoms with E-state index in [1.165, 1.54) is 4.90 Å². The van der Waals surface area contributed by atoms with Crippen molar-refractivity contribution in [2.75, 3.05) is 4.90 Å². The summed E-state index contributed by atoms with van der Waals surface area (Å²) in [5.41, 5.74) is 4.97. The van der Waals surface area contributed by atoms with E-state index in [-0.39, 0.29) is 17.9 Å². The number of hydrogen-bond donors (Lipinski definition) is 0. The Labute approximate surface area is 176 Å². The molecule has 0 aliphatic carbocycles. The van der Waals surface area contributed by atoms with Gasteiger partial charge in [0.15, 0.2) is 0 Å². The molecule has 1 aliphatic heterocycles. The van der Waals surface area contributed by atoms with Gasteiger partial charge in [0.25, 0.3) is 5.91 Å². The number of carbonyl (C=O) groups is 2. The second kappa shape index (κ2) is 8.03. The van der Waals surface area contributed by atoms with Gasteiger partial charge < -0.3 is 0 Å². The van der Waals surface area contributed by atoms with Crippen molar-refractivity contribution in [3.8, 4) is 0 Å². The first-order chi connectivity index (χ1) is 14.5. The molecule has 4 rings (SSSR count). The van der Waals surface area contributed by atoms with Gasteiger partial charge in [-0.25, -0.2) is 4.90 Å². The minimum Gasteiger partial charge on any atom is -0.289 e. The van der Waals surface area contributed by atoms with Crippen LogP contribution >= 0.6 is 0 Å². The predicted molar refractivity (Wildman–Crippen MR) is 118 cm³/mol. The summed E-state index contributed by atoms with van der Waals surface area (Å²) in [6, 6.07) is 16.6. The lowest BCUT2D eigenvalue weighted by atomic mass is 9.88. The highest BCUT2D eigenvalue weighted by molar-refractivity contribution is 6.29. The van der Waals surface area contributed by atoms with Gasteiger partial charge in [-0.1, -0.05) is 24.3 Å². The van der Waals surface area contributed by atoms with Crippen molar-refractivity contribution in [1.82, 2.24) is 4.98 Å². The van der Waals surface area contributed by atoms with Crippen LogP contribution in [0.1, 0.15) is 51.5 Å².